The molecule has 1 aromatic heterocycles. The number of rotatable bonds is 9. The number of hydrogen-bond acceptors (Lipinski definition) is 7. The molecule has 1 amide bonds. The smallest absolute Gasteiger partial charge is 0.257 e. The van der Waals surface area contributed by atoms with Crippen molar-refractivity contribution in [3.8, 4) is 11.5 Å². The van der Waals surface area contributed by atoms with Crippen molar-refractivity contribution in [1.29, 1.82) is 0 Å². The average Bonchev–Trinajstić information content (AvgIpc) is 3.41. The van der Waals surface area contributed by atoms with Crippen molar-refractivity contribution in [3.63, 3.8) is 0 Å². The van der Waals surface area contributed by atoms with Crippen LogP contribution in [0.1, 0.15) is 56.6 Å². The number of carbonyl (C=O) groups excluding carboxylic acids is 1. The largest absolute Gasteiger partial charge is 0.392 e. The van der Waals surface area contributed by atoms with Gasteiger partial charge < -0.3 is 19.4 Å². The predicted molar refractivity (Wildman–Crippen MR) is 141 cm³/mol. The topological polar surface area (TPSA) is 85.9 Å². The summed E-state index contributed by atoms with van der Waals surface area (Å²) < 4.78 is 5.44. The van der Waals surface area contributed by atoms with Crippen LogP contribution >= 0.6 is 0 Å². The molecule has 2 heterocycles. The molecule has 3 aromatic rings. The summed E-state index contributed by atoms with van der Waals surface area (Å²) in [7, 11) is 0. The quantitative estimate of drug-likeness (QED) is 0.483. The van der Waals surface area contributed by atoms with Gasteiger partial charge in [-0.1, -0.05) is 49.3 Å². The Morgan fingerprint density at radius 3 is 2.33 bits per heavy atom. The molecule has 1 unspecified atom stereocenters. The molecule has 8 nitrogen and oxygen atoms in total. The van der Waals surface area contributed by atoms with Crippen LogP contribution in [-0.2, 0) is 11.4 Å². The zero-order valence-corrected chi connectivity index (χ0v) is 21.7. The summed E-state index contributed by atoms with van der Waals surface area (Å²) in [5.74, 6) is 1.47. The summed E-state index contributed by atoms with van der Waals surface area (Å²) in [6.07, 6.45) is 0. The highest BCUT2D eigenvalue weighted by Crippen LogP contribution is 2.31. The van der Waals surface area contributed by atoms with Crippen molar-refractivity contribution in [3.05, 3.63) is 65.5 Å². The fourth-order valence-electron chi connectivity index (χ4n) is 4.81. The molecule has 0 spiro atoms. The van der Waals surface area contributed by atoms with Gasteiger partial charge in [0.1, 0.15) is 6.04 Å². The lowest BCUT2D eigenvalue weighted by molar-refractivity contribution is -0.137. The van der Waals surface area contributed by atoms with Gasteiger partial charge in [0, 0.05) is 62.0 Å². The highest BCUT2D eigenvalue weighted by atomic mass is 16.5. The molecule has 1 aliphatic rings. The summed E-state index contributed by atoms with van der Waals surface area (Å²) in [5.41, 5.74) is 3.65. The molecule has 4 rings (SSSR count). The van der Waals surface area contributed by atoms with Crippen LogP contribution in [0, 0.1) is 0 Å². The van der Waals surface area contributed by atoms with Crippen LogP contribution in [0.25, 0.3) is 11.5 Å². The Hall–Kier alpha value is -3.23. The van der Waals surface area contributed by atoms with E-state index in [0.29, 0.717) is 24.8 Å². The van der Waals surface area contributed by atoms with Crippen LogP contribution in [0.4, 0.5) is 5.69 Å². The molecule has 1 aliphatic heterocycles. The summed E-state index contributed by atoms with van der Waals surface area (Å²) in [5, 5.41) is 14.2. The number of likely N-dealkylation sites (N-methyl/N-ethyl adjacent to an activating group) is 1. The molecular weight excluding hydrogens is 454 g/mol. The van der Waals surface area contributed by atoms with E-state index < -0.39 is 0 Å². The maximum atomic E-state index is 13.5. The molecular formula is C28H37N5O3. The minimum absolute atomic E-state index is 0.0817. The minimum Gasteiger partial charge on any atom is -0.392 e. The lowest BCUT2D eigenvalue weighted by atomic mass is 10.0. The number of aliphatic hydroxyl groups excluding tert-OH is 1. The SMILES string of the molecule is CCN(CC)C(=O)C(c1ccccc1)N1CCN(c2ccc(-c3nc(C(C)C)no3)cc2CO)CC1. The zero-order chi connectivity index (χ0) is 25.7. The van der Waals surface area contributed by atoms with Gasteiger partial charge in [0.05, 0.1) is 6.61 Å². The fourth-order valence-corrected chi connectivity index (χ4v) is 4.81. The molecule has 1 fully saturated rings. The first-order chi connectivity index (χ1) is 17.5. The van der Waals surface area contributed by atoms with Crippen molar-refractivity contribution in [2.75, 3.05) is 44.2 Å². The van der Waals surface area contributed by atoms with Crippen LogP contribution in [0.2, 0.25) is 0 Å². The third-order valence-corrected chi connectivity index (χ3v) is 6.90. The van der Waals surface area contributed by atoms with Gasteiger partial charge in [0.25, 0.3) is 5.89 Å². The van der Waals surface area contributed by atoms with Gasteiger partial charge >= 0.3 is 0 Å². The molecule has 0 aliphatic carbocycles. The van der Waals surface area contributed by atoms with Crippen LogP contribution < -0.4 is 4.90 Å². The van der Waals surface area contributed by atoms with Gasteiger partial charge in [-0.2, -0.15) is 4.98 Å². The lowest BCUT2D eigenvalue weighted by Crippen LogP contribution is -2.52. The predicted octanol–water partition coefficient (Wildman–Crippen LogP) is 4.08. The standard InChI is InChI=1S/C28H37N5O3/c1-5-31(6-2)28(35)25(21-10-8-7-9-11-21)33-16-14-32(15-17-33)24-13-12-22(18-23(24)19-34)27-29-26(20(3)4)30-36-27/h7-13,18,20,25,34H,5-6,14-17,19H2,1-4H3. The summed E-state index contributed by atoms with van der Waals surface area (Å²) in [6, 6.07) is 15.7. The second kappa shape index (κ2) is 11.7. The van der Waals surface area contributed by atoms with Gasteiger partial charge in [0.2, 0.25) is 5.91 Å². The molecule has 192 valence electrons. The van der Waals surface area contributed by atoms with Crippen molar-refractivity contribution in [2.24, 2.45) is 0 Å². The molecule has 0 radical (unpaired) electrons. The minimum atomic E-state index is -0.291. The van der Waals surface area contributed by atoms with E-state index >= 15 is 0 Å². The number of carbonyl (C=O) groups is 1. The van der Waals surface area contributed by atoms with Gasteiger partial charge in [-0.25, -0.2) is 0 Å². The number of anilines is 1. The van der Waals surface area contributed by atoms with Crippen LogP contribution in [-0.4, -0.2) is 70.2 Å². The number of aromatic nitrogens is 2. The molecule has 2 aromatic carbocycles. The Morgan fingerprint density at radius 1 is 1.06 bits per heavy atom. The average molecular weight is 492 g/mol. The summed E-state index contributed by atoms with van der Waals surface area (Å²) in [6.45, 7) is 12.4. The summed E-state index contributed by atoms with van der Waals surface area (Å²) in [4.78, 5) is 24.5. The van der Waals surface area contributed by atoms with E-state index in [1.54, 1.807) is 0 Å². The third kappa shape index (κ3) is 5.44. The molecule has 0 bridgehead atoms. The monoisotopic (exact) mass is 491 g/mol. The molecule has 1 saturated heterocycles. The van der Waals surface area contributed by atoms with E-state index in [1.165, 1.54) is 0 Å². The first-order valence-corrected chi connectivity index (χ1v) is 12.9. The van der Waals surface area contributed by atoms with Gasteiger partial charge in [-0.15, -0.1) is 0 Å². The third-order valence-electron chi connectivity index (χ3n) is 6.90. The number of aliphatic hydroxyl groups is 1. The van der Waals surface area contributed by atoms with Crippen molar-refractivity contribution in [2.45, 2.75) is 46.3 Å². The number of hydrogen-bond donors (Lipinski definition) is 1. The van der Waals surface area contributed by atoms with E-state index in [0.717, 1.165) is 48.6 Å². The maximum Gasteiger partial charge on any atom is 0.257 e. The molecule has 0 saturated carbocycles. The second-order valence-corrected chi connectivity index (χ2v) is 9.46. The number of nitrogens with zero attached hydrogens (tertiary/aromatic N) is 5. The fraction of sp³-hybridized carbons (Fsp3) is 0.464. The van der Waals surface area contributed by atoms with E-state index in [4.69, 9.17) is 4.52 Å². The van der Waals surface area contributed by atoms with E-state index in [2.05, 4.69) is 19.9 Å². The Bertz CT molecular complexity index is 1140. The Morgan fingerprint density at radius 2 is 1.75 bits per heavy atom. The normalized spacial score (nSPS) is 15.3. The number of benzene rings is 2. The van der Waals surface area contributed by atoms with Gasteiger partial charge in [0.15, 0.2) is 5.82 Å². The van der Waals surface area contributed by atoms with Crippen LogP contribution in [0.5, 0.6) is 0 Å². The van der Waals surface area contributed by atoms with E-state index in [-0.39, 0.29) is 24.5 Å². The second-order valence-electron chi connectivity index (χ2n) is 9.46. The Labute approximate surface area is 213 Å². The van der Waals surface area contributed by atoms with Crippen molar-refractivity contribution >= 4 is 11.6 Å². The molecule has 1 N–H and O–H groups in total. The van der Waals surface area contributed by atoms with E-state index in [1.807, 2.05) is 81.1 Å². The lowest BCUT2D eigenvalue weighted by Gasteiger charge is -2.41. The highest BCUT2D eigenvalue weighted by Gasteiger charge is 2.33. The van der Waals surface area contributed by atoms with Crippen LogP contribution in [0.15, 0.2) is 53.1 Å². The van der Waals surface area contributed by atoms with Crippen LogP contribution in [0.3, 0.4) is 0 Å². The molecule has 36 heavy (non-hydrogen) atoms. The summed E-state index contributed by atoms with van der Waals surface area (Å²) >= 11 is 0. The first-order valence-electron chi connectivity index (χ1n) is 12.9. The molecule has 8 heteroatoms. The Balaban J connectivity index is 1.52. The van der Waals surface area contributed by atoms with Crippen molar-refractivity contribution < 1.29 is 14.4 Å². The highest BCUT2D eigenvalue weighted by molar-refractivity contribution is 5.83. The van der Waals surface area contributed by atoms with E-state index in [9.17, 15) is 9.90 Å². The number of piperazine rings is 1. The van der Waals surface area contributed by atoms with Gasteiger partial charge in [-0.3, -0.25) is 9.69 Å². The van der Waals surface area contributed by atoms with Crippen molar-refractivity contribution in [1.82, 2.24) is 19.9 Å². The maximum absolute atomic E-state index is 13.5. The number of amides is 1. The van der Waals surface area contributed by atoms with Gasteiger partial charge in [-0.05, 0) is 37.6 Å². The zero-order valence-electron chi connectivity index (χ0n) is 21.7. The Kier molecular flexibility index (Phi) is 8.38. The first kappa shape index (κ1) is 25.9. The molecule has 1 atom stereocenters.